The van der Waals surface area contributed by atoms with Crippen LogP contribution in [-0.4, -0.2) is 19.6 Å². The van der Waals surface area contributed by atoms with E-state index in [0.29, 0.717) is 6.54 Å². The van der Waals surface area contributed by atoms with Crippen LogP contribution in [0.1, 0.15) is 39.0 Å². The minimum atomic E-state index is -0.560. The molecule has 0 aromatic heterocycles. The van der Waals surface area contributed by atoms with Gasteiger partial charge in [-0.2, -0.15) is 0 Å². The van der Waals surface area contributed by atoms with Crippen molar-refractivity contribution in [2.24, 2.45) is 11.1 Å². The highest BCUT2D eigenvalue weighted by molar-refractivity contribution is 5.80. The summed E-state index contributed by atoms with van der Waals surface area (Å²) in [5.74, 6) is -0.180. The predicted molar refractivity (Wildman–Crippen MR) is 60.3 cm³/mol. The number of esters is 1. The summed E-state index contributed by atoms with van der Waals surface area (Å²) in [4.78, 5) is 11.9. The lowest BCUT2D eigenvalue weighted by atomic mass is 9.73. The van der Waals surface area contributed by atoms with Crippen LogP contribution in [0.3, 0.4) is 0 Å². The smallest absolute Gasteiger partial charge is 0.317 e. The van der Waals surface area contributed by atoms with Crippen molar-refractivity contribution in [3.8, 4) is 0 Å². The molecule has 1 atom stereocenters. The number of carbonyl (C=O) groups excluding carboxylic acids is 1. The van der Waals surface area contributed by atoms with Crippen molar-refractivity contribution < 1.29 is 9.53 Å². The molecule has 0 radical (unpaired) electrons. The molecule has 86 valence electrons. The standard InChI is InChI=1S/C12H21NO2/c1-3-12(9-13,11(14)15-2)10-7-5-4-6-8-10/h7H,3-6,8-9,13H2,1-2H3. The molecule has 0 aromatic rings. The van der Waals surface area contributed by atoms with Crippen molar-refractivity contribution in [2.45, 2.75) is 39.0 Å². The van der Waals surface area contributed by atoms with Crippen molar-refractivity contribution in [3.63, 3.8) is 0 Å². The quantitative estimate of drug-likeness (QED) is 0.571. The van der Waals surface area contributed by atoms with Crippen molar-refractivity contribution in [1.29, 1.82) is 0 Å². The zero-order valence-electron chi connectivity index (χ0n) is 9.71. The normalized spacial score (nSPS) is 20.3. The van der Waals surface area contributed by atoms with Gasteiger partial charge < -0.3 is 10.5 Å². The van der Waals surface area contributed by atoms with Gasteiger partial charge in [0.2, 0.25) is 0 Å². The number of rotatable bonds is 4. The number of ether oxygens (including phenoxy) is 1. The maximum Gasteiger partial charge on any atom is 0.317 e. The Morgan fingerprint density at radius 1 is 1.60 bits per heavy atom. The van der Waals surface area contributed by atoms with Crippen molar-refractivity contribution in [2.75, 3.05) is 13.7 Å². The summed E-state index contributed by atoms with van der Waals surface area (Å²) >= 11 is 0. The Hall–Kier alpha value is -0.830. The van der Waals surface area contributed by atoms with Crippen molar-refractivity contribution in [1.82, 2.24) is 0 Å². The van der Waals surface area contributed by atoms with Gasteiger partial charge in [0.15, 0.2) is 0 Å². The largest absolute Gasteiger partial charge is 0.468 e. The molecule has 0 aromatic carbocycles. The van der Waals surface area contributed by atoms with Crippen LogP contribution in [-0.2, 0) is 9.53 Å². The number of nitrogens with two attached hydrogens (primary N) is 1. The average Bonchev–Trinajstić information content (AvgIpc) is 2.32. The topological polar surface area (TPSA) is 52.3 Å². The second kappa shape index (κ2) is 5.31. The van der Waals surface area contributed by atoms with Crippen LogP contribution in [0.15, 0.2) is 11.6 Å². The molecule has 0 heterocycles. The Balaban J connectivity index is 2.98. The lowest BCUT2D eigenvalue weighted by molar-refractivity contribution is -0.150. The first-order valence-corrected chi connectivity index (χ1v) is 5.69. The van der Waals surface area contributed by atoms with Gasteiger partial charge in [0.05, 0.1) is 7.11 Å². The van der Waals surface area contributed by atoms with Gasteiger partial charge in [0.25, 0.3) is 0 Å². The Bertz CT molecular complexity index is 254. The maximum atomic E-state index is 11.9. The number of hydrogen-bond donors (Lipinski definition) is 1. The molecule has 15 heavy (non-hydrogen) atoms. The monoisotopic (exact) mass is 211 g/mol. The Kier molecular flexibility index (Phi) is 4.33. The van der Waals surface area contributed by atoms with E-state index in [-0.39, 0.29) is 5.97 Å². The molecule has 0 amide bonds. The van der Waals surface area contributed by atoms with Crippen molar-refractivity contribution >= 4 is 5.97 Å². The fraction of sp³-hybridized carbons (Fsp3) is 0.750. The van der Waals surface area contributed by atoms with Crippen molar-refractivity contribution in [3.05, 3.63) is 11.6 Å². The van der Waals surface area contributed by atoms with E-state index in [4.69, 9.17) is 10.5 Å². The molecule has 0 bridgehead atoms. The third kappa shape index (κ3) is 2.23. The zero-order chi connectivity index (χ0) is 11.3. The molecule has 1 rings (SSSR count). The summed E-state index contributed by atoms with van der Waals surface area (Å²) in [6.45, 7) is 2.35. The molecular formula is C12H21NO2. The summed E-state index contributed by atoms with van der Waals surface area (Å²) < 4.78 is 4.89. The van der Waals surface area contributed by atoms with Crippen LogP contribution < -0.4 is 5.73 Å². The second-order valence-corrected chi connectivity index (χ2v) is 4.11. The van der Waals surface area contributed by atoms with Gasteiger partial charge in [-0.15, -0.1) is 0 Å². The van der Waals surface area contributed by atoms with Crippen LogP contribution in [0, 0.1) is 5.41 Å². The first-order chi connectivity index (χ1) is 7.21. The minimum absolute atomic E-state index is 0.180. The van der Waals surface area contributed by atoms with E-state index in [1.807, 2.05) is 6.92 Å². The molecular weight excluding hydrogens is 190 g/mol. The Labute approximate surface area is 91.7 Å². The maximum absolute atomic E-state index is 11.9. The summed E-state index contributed by atoms with van der Waals surface area (Å²) in [7, 11) is 1.44. The molecule has 1 aliphatic rings. The summed E-state index contributed by atoms with van der Waals surface area (Å²) in [6.07, 6.45) is 7.33. The highest BCUT2D eigenvalue weighted by atomic mass is 16.5. The van der Waals surface area contributed by atoms with E-state index < -0.39 is 5.41 Å². The highest BCUT2D eigenvalue weighted by Gasteiger charge is 2.40. The van der Waals surface area contributed by atoms with Gasteiger partial charge in [-0.25, -0.2) is 0 Å². The molecule has 2 N–H and O–H groups in total. The van der Waals surface area contributed by atoms with Gasteiger partial charge in [-0.1, -0.05) is 18.6 Å². The Morgan fingerprint density at radius 3 is 2.73 bits per heavy atom. The third-order valence-electron chi connectivity index (χ3n) is 3.43. The molecule has 0 fully saturated rings. The summed E-state index contributed by atoms with van der Waals surface area (Å²) in [6, 6.07) is 0. The number of carbonyl (C=O) groups is 1. The summed E-state index contributed by atoms with van der Waals surface area (Å²) in [5.41, 5.74) is 6.41. The van der Waals surface area contributed by atoms with E-state index in [1.54, 1.807) is 0 Å². The molecule has 0 spiro atoms. The van der Waals surface area contributed by atoms with Crippen LogP contribution in [0.2, 0.25) is 0 Å². The average molecular weight is 211 g/mol. The first-order valence-electron chi connectivity index (χ1n) is 5.69. The predicted octanol–water partition coefficient (Wildman–Crippen LogP) is 2.01. The molecule has 1 aliphatic carbocycles. The highest BCUT2D eigenvalue weighted by Crippen LogP contribution is 2.37. The SMILES string of the molecule is CCC(CN)(C(=O)OC)C1=CCCCC1. The van der Waals surface area contributed by atoms with E-state index in [0.717, 1.165) is 25.7 Å². The lowest BCUT2D eigenvalue weighted by Gasteiger charge is -2.33. The van der Waals surface area contributed by atoms with E-state index >= 15 is 0 Å². The fourth-order valence-corrected chi connectivity index (χ4v) is 2.33. The zero-order valence-corrected chi connectivity index (χ0v) is 9.71. The number of allylic oxidation sites excluding steroid dienone is 1. The van der Waals surface area contributed by atoms with Gasteiger partial charge >= 0.3 is 5.97 Å². The van der Waals surface area contributed by atoms with Crippen LogP contribution in [0.25, 0.3) is 0 Å². The van der Waals surface area contributed by atoms with Gasteiger partial charge in [0.1, 0.15) is 5.41 Å². The molecule has 0 saturated carbocycles. The fourth-order valence-electron chi connectivity index (χ4n) is 2.33. The van der Waals surface area contributed by atoms with Gasteiger partial charge in [-0.05, 0) is 32.1 Å². The van der Waals surface area contributed by atoms with Gasteiger partial charge in [0, 0.05) is 6.54 Å². The number of hydrogen-bond acceptors (Lipinski definition) is 3. The Morgan fingerprint density at radius 2 is 2.33 bits per heavy atom. The van der Waals surface area contributed by atoms with E-state index in [2.05, 4.69) is 6.08 Å². The molecule has 0 saturated heterocycles. The second-order valence-electron chi connectivity index (χ2n) is 4.11. The molecule has 0 aliphatic heterocycles. The third-order valence-corrected chi connectivity index (χ3v) is 3.43. The molecule has 3 nitrogen and oxygen atoms in total. The van der Waals surface area contributed by atoms with Crippen LogP contribution in [0.4, 0.5) is 0 Å². The van der Waals surface area contributed by atoms with E-state index in [1.165, 1.54) is 19.1 Å². The van der Waals surface area contributed by atoms with Gasteiger partial charge in [-0.3, -0.25) is 4.79 Å². The van der Waals surface area contributed by atoms with Crippen LogP contribution in [0.5, 0.6) is 0 Å². The lowest BCUT2D eigenvalue weighted by Crippen LogP contribution is -2.41. The van der Waals surface area contributed by atoms with Crippen LogP contribution >= 0.6 is 0 Å². The van der Waals surface area contributed by atoms with E-state index in [9.17, 15) is 4.79 Å². The molecule has 3 heteroatoms. The first kappa shape index (κ1) is 12.2. The molecule has 1 unspecified atom stereocenters. The number of methoxy groups -OCH3 is 1. The minimum Gasteiger partial charge on any atom is -0.468 e. The summed E-state index contributed by atoms with van der Waals surface area (Å²) in [5, 5.41) is 0.